The van der Waals surface area contributed by atoms with Crippen molar-refractivity contribution in [1.29, 1.82) is 0 Å². The molecule has 0 radical (unpaired) electrons. The summed E-state index contributed by atoms with van der Waals surface area (Å²) < 4.78 is 7.00. The summed E-state index contributed by atoms with van der Waals surface area (Å²) in [5, 5.41) is 0.833. The van der Waals surface area contributed by atoms with Crippen LogP contribution in [0.15, 0.2) is 29.4 Å². The second kappa shape index (κ2) is 7.77. The van der Waals surface area contributed by atoms with E-state index in [0.29, 0.717) is 38.5 Å². The first-order chi connectivity index (χ1) is 12.1. The fourth-order valence-electron chi connectivity index (χ4n) is 2.82. The van der Waals surface area contributed by atoms with Gasteiger partial charge in [-0.3, -0.25) is 4.79 Å². The Labute approximate surface area is 150 Å². The minimum atomic E-state index is -0.302. The van der Waals surface area contributed by atoms with Gasteiger partial charge in [0.05, 0.1) is 23.4 Å². The molecule has 1 aromatic carbocycles. The lowest BCUT2D eigenvalue weighted by atomic mass is 10.3. The molecule has 8 heteroatoms. The van der Waals surface area contributed by atoms with Crippen LogP contribution in [0.25, 0.3) is 11.0 Å². The highest BCUT2D eigenvalue weighted by Crippen LogP contribution is 2.23. The number of thioether (sulfide) groups is 1. The van der Waals surface area contributed by atoms with Crippen LogP contribution in [0.5, 0.6) is 0 Å². The summed E-state index contributed by atoms with van der Waals surface area (Å²) in [5.41, 5.74) is 1.99. The molecule has 0 N–H and O–H groups in total. The number of rotatable bonds is 4. The van der Waals surface area contributed by atoms with Gasteiger partial charge in [-0.1, -0.05) is 23.9 Å². The molecule has 2 aromatic rings. The molecule has 0 unspecified atom stereocenters. The molecule has 1 fully saturated rings. The van der Waals surface area contributed by atoms with E-state index in [9.17, 15) is 9.59 Å². The van der Waals surface area contributed by atoms with Gasteiger partial charge in [-0.15, -0.1) is 0 Å². The summed E-state index contributed by atoms with van der Waals surface area (Å²) in [6.45, 7) is 4.27. The Hall–Kier alpha value is -2.22. The number of imidazole rings is 1. The van der Waals surface area contributed by atoms with Gasteiger partial charge in [0.25, 0.3) is 0 Å². The Bertz CT molecular complexity index is 768. The summed E-state index contributed by atoms with van der Waals surface area (Å²) in [5.74, 6) is 0.414. The van der Waals surface area contributed by atoms with Crippen LogP contribution in [-0.2, 0) is 16.6 Å². The van der Waals surface area contributed by atoms with Gasteiger partial charge in [-0.25, -0.2) is 9.78 Å². The monoisotopic (exact) mass is 362 g/mol. The number of benzene rings is 1. The zero-order valence-electron chi connectivity index (χ0n) is 14.5. The van der Waals surface area contributed by atoms with Crippen LogP contribution in [0.3, 0.4) is 0 Å². The minimum Gasteiger partial charge on any atom is -0.450 e. The van der Waals surface area contributed by atoms with Crippen molar-refractivity contribution in [3.63, 3.8) is 0 Å². The van der Waals surface area contributed by atoms with Gasteiger partial charge in [0.2, 0.25) is 5.91 Å². The Kier molecular flexibility index (Phi) is 5.47. The number of para-hydroxylation sites is 2. The molecular formula is C17H22N4O3S. The molecule has 134 valence electrons. The smallest absolute Gasteiger partial charge is 0.409 e. The molecule has 0 aliphatic carbocycles. The normalized spacial score (nSPS) is 14.8. The maximum atomic E-state index is 12.4. The third-order valence-corrected chi connectivity index (χ3v) is 5.24. The average Bonchev–Trinajstić information content (AvgIpc) is 2.96. The van der Waals surface area contributed by atoms with Crippen molar-refractivity contribution in [2.24, 2.45) is 7.05 Å². The molecule has 1 aromatic heterocycles. The molecule has 2 amide bonds. The number of carbonyl (C=O) groups is 2. The molecule has 0 saturated carbocycles. The van der Waals surface area contributed by atoms with Crippen molar-refractivity contribution in [2.45, 2.75) is 12.1 Å². The van der Waals surface area contributed by atoms with E-state index >= 15 is 0 Å². The second-order valence-electron chi connectivity index (χ2n) is 5.80. The molecular weight excluding hydrogens is 340 g/mol. The van der Waals surface area contributed by atoms with Gasteiger partial charge in [-0.2, -0.15) is 0 Å². The zero-order valence-corrected chi connectivity index (χ0v) is 15.3. The number of ether oxygens (including phenoxy) is 1. The number of aryl methyl sites for hydroxylation is 1. The van der Waals surface area contributed by atoms with Crippen LogP contribution >= 0.6 is 11.8 Å². The Morgan fingerprint density at radius 3 is 2.52 bits per heavy atom. The zero-order chi connectivity index (χ0) is 17.8. The minimum absolute atomic E-state index is 0.0700. The van der Waals surface area contributed by atoms with Gasteiger partial charge in [0.15, 0.2) is 5.16 Å². The van der Waals surface area contributed by atoms with Gasteiger partial charge in [0, 0.05) is 33.2 Å². The first-order valence-corrected chi connectivity index (χ1v) is 9.32. The lowest BCUT2D eigenvalue weighted by Crippen LogP contribution is -2.51. The highest BCUT2D eigenvalue weighted by Gasteiger charge is 2.25. The third kappa shape index (κ3) is 3.89. The first kappa shape index (κ1) is 17.6. The number of aromatic nitrogens is 2. The maximum Gasteiger partial charge on any atom is 0.409 e. The van der Waals surface area contributed by atoms with E-state index in [0.717, 1.165) is 16.2 Å². The topological polar surface area (TPSA) is 67.7 Å². The van der Waals surface area contributed by atoms with E-state index in [1.807, 2.05) is 35.9 Å². The van der Waals surface area contributed by atoms with Crippen molar-refractivity contribution < 1.29 is 14.3 Å². The van der Waals surface area contributed by atoms with Crippen LogP contribution in [0.2, 0.25) is 0 Å². The predicted molar refractivity (Wildman–Crippen MR) is 96.6 cm³/mol. The van der Waals surface area contributed by atoms with Crippen molar-refractivity contribution in [2.75, 3.05) is 38.5 Å². The largest absolute Gasteiger partial charge is 0.450 e. The van der Waals surface area contributed by atoms with E-state index in [1.165, 1.54) is 11.8 Å². The number of hydrogen-bond acceptors (Lipinski definition) is 5. The molecule has 0 spiro atoms. The molecule has 2 heterocycles. The lowest BCUT2D eigenvalue weighted by molar-refractivity contribution is -0.129. The molecule has 25 heavy (non-hydrogen) atoms. The number of fused-ring (bicyclic) bond motifs is 1. The van der Waals surface area contributed by atoms with Crippen LogP contribution in [0.1, 0.15) is 6.92 Å². The van der Waals surface area contributed by atoms with E-state index in [1.54, 1.807) is 16.7 Å². The summed E-state index contributed by atoms with van der Waals surface area (Å²) in [4.78, 5) is 32.1. The van der Waals surface area contributed by atoms with Crippen molar-refractivity contribution in [3.05, 3.63) is 24.3 Å². The molecule has 0 bridgehead atoms. The fraction of sp³-hybridized carbons (Fsp3) is 0.471. The molecule has 1 saturated heterocycles. The molecule has 1 aliphatic rings. The predicted octanol–water partition coefficient (Wildman–Crippen LogP) is 1.97. The molecule has 3 rings (SSSR count). The lowest BCUT2D eigenvalue weighted by Gasteiger charge is -2.34. The Morgan fingerprint density at radius 1 is 1.16 bits per heavy atom. The van der Waals surface area contributed by atoms with E-state index in [-0.39, 0.29) is 12.0 Å². The highest BCUT2D eigenvalue weighted by atomic mass is 32.2. The fourth-order valence-corrected chi connectivity index (χ4v) is 3.71. The third-order valence-electron chi connectivity index (χ3n) is 4.23. The molecule has 7 nitrogen and oxygen atoms in total. The SMILES string of the molecule is CCOC(=O)N1CCN(C(=O)CSc2nc3ccccc3n2C)CC1. The van der Waals surface area contributed by atoms with Crippen molar-refractivity contribution >= 4 is 34.8 Å². The van der Waals surface area contributed by atoms with Gasteiger partial charge < -0.3 is 19.1 Å². The van der Waals surface area contributed by atoms with Crippen LogP contribution in [-0.4, -0.2) is 69.9 Å². The van der Waals surface area contributed by atoms with E-state index < -0.39 is 0 Å². The molecule has 0 atom stereocenters. The number of carbonyl (C=O) groups excluding carboxylic acids is 2. The van der Waals surface area contributed by atoms with Crippen molar-refractivity contribution in [3.8, 4) is 0 Å². The van der Waals surface area contributed by atoms with Crippen molar-refractivity contribution in [1.82, 2.24) is 19.4 Å². The van der Waals surface area contributed by atoms with Crippen LogP contribution < -0.4 is 0 Å². The van der Waals surface area contributed by atoms with Gasteiger partial charge >= 0.3 is 6.09 Å². The van der Waals surface area contributed by atoms with Gasteiger partial charge in [0.1, 0.15) is 0 Å². The Morgan fingerprint density at radius 2 is 1.84 bits per heavy atom. The summed E-state index contributed by atoms with van der Waals surface area (Å²) in [6, 6.07) is 7.92. The number of hydrogen-bond donors (Lipinski definition) is 0. The first-order valence-electron chi connectivity index (χ1n) is 8.34. The number of nitrogens with zero attached hydrogens (tertiary/aromatic N) is 4. The average molecular weight is 362 g/mol. The van der Waals surface area contributed by atoms with E-state index in [4.69, 9.17) is 4.74 Å². The van der Waals surface area contributed by atoms with Crippen LogP contribution in [0.4, 0.5) is 4.79 Å². The van der Waals surface area contributed by atoms with Crippen LogP contribution in [0, 0.1) is 0 Å². The highest BCUT2D eigenvalue weighted by molar-refractivity contribution is 7.99. The quantitative estimate of drug-likeness (QED) is 0.778. The van der Waals surface area contributed by atoms with E-state index in [2.05, 4.69) is 4.98 Å². The standard InChI is InChI=1S/C17H22N4O3S/c1-3-24-17(23)21-10-8-20(9-11-21)15(22)12-25-16-18-13-6-4-5-7-14(13)19(16)2/h4-7H,3,8-12H2,1-2H3. The Balaban J connectivity index is 1.53. The maximum absolute atomic E-state index is 12.4. The second-order valence-corrected chi connectivity index (χ2v) is 6.74. The summed E-state index contributed by atoms with van der Waals surface area (Å²) in [6.07, 6.45) is -0.302. The summed E-state index contributed by atoms with van der Waals surface area (Å²) >= 11 is 1.45. The number of amides is 2. The molecule has 1 aliphatic heterocycles. The van der Waals surface area contributed by atoms with Gasteiger partial charge in [-0.05, 0) is 19.1 Å². The number of piperazine rings is 1. The summed E-state index contributed by atoms with van der Waals surface area (Å²) in [7, 11) is 1.96.